The summed E-state index contributed by atoms with van der Waals surface area (Å²) < 4.78 is 44.0. The minimum Gasteiger partial charge on any atom is -0.508 e. The molecule has 2 heterocycles. The number of rotatable bonds is 5. The molecule has 0 unspecified atom stereocenters. The first-order valence-corrected chi connectivity index (χ1v) is 15.0. The number of hydrogen-bond acceptors (Lipinski definition) is 6. The molecule has 4 amide bonds. The number of imide groups is 2. The van der Waals surface area contributed by atoms with Crippen molar-refractivity contribution in [3.05, 3.63) is 102 Å². The van der Waals surface area contributed by atoms with Crippen molar-refractivity contribution in [2.45, 2.75) is 38.6 Å². The van der Waals surface area contributed by atoms with Gasteiger partial charge in [-0.05, 0) is 61.6 Å². The van der Waals surface area contributed by atoms with E-state index in [9.17, 15) is 37.5 Å². The molecular formula is C35H29F3N2O6. The smallest absolute Gasteiger partial charge is 0.508 e. The Labute approximate surface area is 262 Å². The number of ether oxygens (including phenoxy) is 1. The van der Waals surface area contributed by atoms with Crippen molar-refractivity contribution < 1.29 is 42.2 Å². The number of aromatic hydroxyl groups is 1. The van der Waals surface area contributed by atoms with Gasteiger partial charge in [-0.1, -0.05) is 60.2 Å². The number of para-hydroxylation sites is 1. The number of likely N-dealkylation sites (tertiary alicyclic amines) is 1. The summed E-state index contributed by atoms with van der Waals surface area (Å²) in [5, 5.41) is 11.1. The van der Waals surface area contributed by atoms with E-state index in [2.05, 4.69) is 4.74 Å². The van der Waals surface area contributed by atoms with Gasteiger partial charge in [-0.25, -0.2) is 4.90 Å². The largest absolute Gasteiger partial charge is 0.573 e. The molecular weight excluding hydrogens is 601 g/mol. The lowest BCUT2D eigenvalue weighted by Crippen LogP contribution is -2.48. The molecule has 2 saturated heterocycles. The SMILES string of the molecule is C[C@@]12C(=O)N(c3ccccc3)C(=O)[C@@H]1C[C@@H]1C(=CC[C@@H]3C(=O)N(Cc4ccccc4)C(=O)[C@@H]31)[C@@H]2c1cc(OC(F)(F)F)ccc1O. The lowest BCUT2D eigenvalue weighted by Gasteiger charge is -2.49. The first-order chi connectivity index (χ1) is 21.9. The number of allylic oxidation sites excluding steroid dienone is 2. The number of benzene rings is 3. The number of phenolic OH excluding ortho intramolecular Hbond substituents is 1. The molecule has 3 fully saturated rings. The van der Waals surface area contributed by atoms with E-state index >= 15 is 0 Å². The fourth-order valence-corrected chi connectivity index (χ4v) is 8.13. The highest BCUT2D eigenvalue weighted by Crippen LogP contribution is 2.64. The maximum atomic E-state index is 14.4. The predicted molar refractivity (Wildman–Crippen MR) is 158 cm³/mol. The molecule has 1 saturated carbocycles. The molecule has 236 valence electrons. The molecule has 2 aliphatic heterocycles. The van der Waals surface area contributed by atoms with Crippen LogP contribution in [0.1, 0.15) is 36.8 Å². The van der Waals surface area contributed by atoms with Gasteiger partial charge in [0.1, 0.15) is 11.5 Å². The molecule has 0 radical (unpaired) electrons. The van der Waals surface area contributed by atoms with Crippen molar-refractivity contribution in [3.63, 3.8) is 0 Å². The first-order valence-electron chi connectivity index (χ1n) is 15.0. The molecule has 0 aromatic heterocycles. The van der Waals surface area contributed by atoms with Crippen molar-refractivity contribution in [2.24, 2.45) is 29.1 Å². The van der Waals surface area contributed by atoms with Crippen LogP contribution in [0.5, 0.6) is 11.5 Å². The van der Waals surface area contributed by atoms with Crippen LogP contribution in [0.2, 0.25) is 0 Å². The van der Waals surface area contributed by atoms with Gasteiger partial charge in [-0.2, -0.15) is 0 Å². The van der Waals surface area contributed by atoms with Crippen LogP contribution < -0.4 is 9.64 Å². The molecule has 1 N–H and O–H groups in total. The summed E-state index contributed by atoms with van der Waals surface area (Å²) in [5.41, 5.74) is 0.0786. The van der Waals surface area contributed by atoms with Crippen LogP contribution >= 0.6 is 0 Å². The van der Waals surface area contributed by atoms with E-state index in [4.69, 9.17) is 0 Å². The highest BCUT2D eigenvalue weighted by Gasteiger charge is 2.68. The van der Waals surface area contributed by atoms with Gasteiger partial charge in [-0.15, -0.1) is 13.2 Å². The number of hydrogen-bond donors (Lipinski definition) is 1. The molecule has 6 atom stereocenters. The van der Waals surface area contributed by atoms with Crippen molar-refractivity contribution in [3.8, 4) is 11.5 Å². The van der Waals surface area contributed by atoms with Crippen molar-refractivity contribution in [1.29, 1.82) is 0 Å². The normalized spacial score (nSPS) is 29.0. The lowest BCUT2D eigenvalue weighted by molar-refractivity contribution is -0.274. The summed E-state index contributed by atoms with van der Waals surface area (Å²) in [5.74, 6) is -7.10. The summed E-state index contributed by atoms with van der Waals surface area (Å²) >= 11 is 0. The number of anilines is 1. The standard InChI is InChI=1S/C35H29F3N2O6/c1-34-26(31(43)40(33(34)45)20-10-6-3-7-11-20)17-24-22(29(34)25-16-21(12-15-27(25)41)46-35(36,37)38)13-14-23-28(24)32(44)39(30(23)42)18-19-8-4-2-5-9-19/h2-13,15-16,23-24,26,28-29,41H,14,17-18H2,1H3/t23-,24+,26-,28-,29+,34+/m0/s1. The molecule has 3 aromatic carbocycles. The third kappa shape index (κ3) is 4.51. The molecule has 46 heavy (non-hydrogen) atoms. The Morgan fingerprint density at radius 3 is 2.24 bits per heavy atom. The Bertz CT molecular complexity index is 1790. The molecule has 7 rings (SSSR count). The Kier molecular flexibility index (Phi) is 6.84. The number of carbonyl (C=O) groups excluding carboxylic acids is 4. The number of carbonyl (C=O) groups is 4. The molecule has 0 bridgehead atoms. The van der Waals surface area contributed by atoms with Gasteiger partial charge in [0.15, 0.2) is 0 Å². The minimum atomic E-state index is -5.02. The van der Waals surface area contributed by atoms with Crippen LogP contribution in [0.25, 0.3) is 0 Å². The predicted octanol–water partition coefficient (Wildman–Crippen LogP) is 5.72. The molecule has 4 aliphatic rings. The molecule has 11 heteroatoms. The van der Waals surface area contributed by atoms with Gasteiger partial charge >= 0.3 is 6.36 Å². The number of amides is 4. The number of fused-ring (bicyclic) bond motifs is 4. The fourth-order valence-electron chi connectivity index (χ4n) is 8.13. The zero-order chi connectivity index (χ0) is 32.5. The number of phenols is 1. The summed E-state index contributed by atoms with van der Waals surface area (Å²) in [7, 11) is 0. The zero-order valence-corrected chi connectivity index (χ0v) is 24.6. The number of nitrogens with zero attached hydrogens (tertiary/aromatic N) is 2. The van der Waals surface area contributed by atoms with Crippen molar-refractivity contribution in [2.75, 3.05) is 4.90 Å². The quantitative estimate of drug-likeness (QED) is 0.286. The van der Waals surface area contributed by atoms with Crippen LogP contribution in [-0.4, -0.2) is 40.0 Å². The van der Waals surface area contributed by atoms with Crippen LogP contribution in [0.4, 0.5) is 18.9 Å². The van der Waals surface area contributed by atoms with E-state index in [1.165, 1.54) is 4.90 Å². The molecule has 0 spiro atoms. The van der Waals surface area contributed by atoms with Crippen molar-refractivity contribution in [1.82, 2.24) is 4.90 Å². The van der Waals surface area contributed by atoms with E-state index in [0.717, 1.165) is 28.7 Å². The summed E-state index contributed by atoms with van der Waals surface area (Å²) in [6, 6.07) is 20.5. The second-order valence-corrected chi connectivity index (χ2v) is 12.5. The summed E-state index contributed by atoms with van der Waals surface area (Å²) in [6.45, 7) is 1.67. The maximum absolute atomic E-state index is 14.4. The zero-order valence-electron chi connectivity index (χ0n) is 24.6. The topological polar surface area (TPSA) is 104 Å². The van der Waals surface area contributed by atoms with Gasteiger partial charge in [0.05, 0.1) is 35.4 Å². The van der Waals surface area contributed by atoms with Crippen LogP contribution in [0, 0.1) is 29.1 Å². The number of alkyl halides is 3. The van der Waals surface area contributed by atoms with E-state index in [-0.39, 0.29) is 36.6 Å². The summed E-state index contributed by atoms with van der Waals surface area (Å²) in [6.07, 6.45) is -3.01. The Hall–Kier alpha value is -4.93. The lowest BCUT2D eigenvalue weighted by atomic mass is 9.51. The Balaban J connectivity index is 1.36. The number of halogens is 3. The van der Waals surface area contributed by atoms with E-state index in [1.807, 2.05) is 30.3 Å². The highest BCUT2D eigenvalue weighted by atomic mass is 19.4. The molecule has 3 aromatic rings. The monoisotopic (exact) mass is 630 g/mol. The van der Waals surface area contributed by atoms with Gasteiger partial charge < -0.3 is 9.84 Å². The average Bonchev–Trinajstić information content (AvgIpc) is 3.38. The molecule has 8 nitrogen and oxygen atoms in total. The first kappa shape index (κ1) is 29.8. The van der Waals surface area contributed by atoms with Crippen LogP contribution in [0.15, 0.2) is 90.5 Å². The van der Waals surface area contributed by atoms with Crippen LogP contribution in [-0.2, 0) is 25.7 Å². The highest BCUT2D eigenvalue weighted by molar-refractivity contribution is 6.24. The summed E-state index contributed by atoms with van der Waals surface area (Å²) in [4.78, 5) is 58.6. The Morgan fingerprint density at radius 2 is 1.57 bits per heavy atom. The van der Waals surface area contributed by atoms with Gasteiger partial charge in [0, 0.05) is 11.5 Å². The van der Waals surface area contributed by atoms with Gasteiger partial charge in [0.2, 0.25) is 23.6 Å². The second-order valence-electron chi connectivity index (χ2n) is 12.5. The molecule has 2 aliphatic carbocycles. The van der Waals surface area contributed by atoms with Crippen LogP contribution in [0.3, 0.4) is 0 Å². The van der Waals surface area contributed by atoms with Gasteiger partial charge in [-0.3, -0.25) is 24.1 Å². The Morgan fingerprint density at radius 1 is 0.891 bits per heavy atom. The van der Waals surface area contributed by atoms with Crippen molar-refractivity contribution >= 4 is 29.3 Å². The minimum absolute atomic E-state index is 0.0300. The third-order valence-corrected chi connectivity index (χ3v) is 10.1. The van der Waals surface area contributed by atoms with E-state index < -0.39 is 64.8 Å². The van der Waals surface area contributed by atoms with E-state index in [1.54, 1.807) is 43.3 Å². The third-order valence-electron chi connectivity index (χ3n) is 10.1. The van der Waals surface area contributed by atoms with E-state index in [0.29, 0.717) is 11.3 Å². The van der Waals surface area contributed by atoms with Gasteiger partial charge in [0.25, 0.3) is 0 Å². The second kappa shape index (κ2) is 10.6. The fraction of sp³-hybridized carbons (Fsp3) is 0.314. The average molecular weight is 631 g/mol. The maximum Gasteiger partial charge on any atom is 0.573 e.